The largest absolute Gasteiger partial charge is 0.345 e. The zero-order valence-corrected chi connectivity index (χ0v) is 10.3. The van der Waals surface area contributed by atoms with Gasteiger partial charge in [0.15, 0.2) is 0 Å². The van der Waals surface area contributed by atoms with Gasteiger partial charge in [0, 0.05) is 23.7 Å². The highest BCUT2D eigenvalue weighted by Crippen LogP contribution is 2.27. The van der Waals surface area contributed by atoms with Crippen molar-refractivity contribution >= 4 is 0 Å². The summed E-state index contributed by atoms with van der Waals surface area (Å²) >= 11 is 0. The minimum atomic E-state index is -0.219. The van der Waals surface area contributed by atoms with E-state index < -0.39 is 0 Å². The average Bonchev–Trinajstić information content (AvgIpc) is 2.99. The van der Waals surface area contributed by atoms with Gasteiger partial charge in [-0.2, -0.15) is 0 Å². The van der Waals surface area contributed by atoms with Crippen LogP contribution in [0.1, 0.15) is 23.9 Å². The number of nitrogens with one attached hydrogen (secondary N) is 2. The molecule has 1 saturated heterocycles. The first-order valence-electron chi connectivity index (χ1n) is 6.28. The smallest absolute Gasteiger partial charge is 0.132 e. The van der Waals surface area contributed by atoms with Crippen molar-refractivity contribution in [1.82, 2.24) is 15.3 Å². The van der Waals surface area contributed by atoms with Gasteiger partial charge < -0.3 is 10.3 Å². The van der Waals surface area contributed by atoms with Crippen LogP contribution >= 0.6 is 0 Å². The molecule has 0 spiro atoms. The lowest BCUT2D eigenvalue weighted by atomic mass is 10.1. The fourth-order valence-electron chi connectivity index (χ4n) is 2.48. The molecule has 3 nitrogen and oxygen atoms in total. The highest BCUT2D eigenvalue weighted by molar-refractivity contribution is 5.62. The molecule has 4 heteroatoms. The van der Waals surface area contributed by atoms with Crippen LogP contribution in [-0.2, 0) is 0 Å². The van der Waals surface area contributed by atoms with Crippen molar-refractivity contribution in [3.63, 3.8) is 0 Å². The maximum absolute atomic E-state index is 13.8. The third-order valence-electron chi connectivity index (χ3n) is 3.48. The lowest BCUT2D eigenvalue weighted by Crippen LogP contribution is -2.08. The third kappa shape index (κ3) is 1.93. The summed E-state index contributed by atoms with van der Waals surface area (Å²) in [6.07, 6.45) is 1.09. The molecule has 2 N–H and O–H groups in total. The van der Waals surface area contributed by atoms with E-state index in [0.29, 0.717) is 11.5 Å². The Bertz CT molecular complexity index is 556. The first-order valence-corrected chi connectivity index (χ1v) is 6.28. The fourth-order valence-corrected chi connectivity index (χ4v) is 2.48. The Hall–Kier alpha value is -1.68. The summed E-state index contributed by atoms with van der Waals surface area (Å²) in [5, 5.41) is 3.32. The summed E-state index contributed by atoms with van der Waals surface area (Å²) in [7, 11) is 0. The first kappa shape index (κ1) is 11.4. The lowest BCUT2D eigenvalue weighted by molar-refractivity contribution is 0.630. The molecule has 0 aliphatic carbocycles. The first-order chi connectivity index (χ1) is 8.75. The van der Waals surface area contributed by atoms with Gasteiger partial charge in [0.05, 0.1) is 5.69 Å². The van der Waals surface area contributed by atoms with Crippen molar-refractivity contribution in [2.75, 3.05) is 13.1 Å². The molecular formula is C14H16FN3. The molecule has 2 heterocycles. The van der Waals surface area contributed by atoms with Gasteiger partial charge in [-0.3, -0.25) is 0 Å². The number of hydrogen-bond donors (Lipinski definition) is 2. The van der Waals surface area contributed by atoms with Gasteiger partial charge in [0.25, 0.3) is 0 Å². The number of halogens is 1. The van der Waals surface area contributed by atoms with Gasteiger partial charge in [-0.25, -0.2) is 9.37 Å². The monoisotopic (exact) mass is 245 g/mol. The number of aromatic nitrogens is 2. The van der Waals surface area contributed by atoms with Crippen LogP contribution in [0.5, 0.6) is 0 Å². The standard InChI is InChI=1S/C14H16FN3/c1-9-13(11-4-2-3-5-12(11)15)18-14(17-9)10-6-7-16-8-10/h2-5,10,16H,6-8H2,1H3,(H,17,18). The third-order valence-corrected chi connectivity index (χ3v) is 3.48. The van der Waals surface area contributed by atoms with Crippen LogP contribution in [0.3, 0.4) is 0 Å². The van der Waals surface area contributed by atoms with Crippen LogP contribution in [0.4, 0.5) is 4.39 Å². The van der Waals surface area contributed by atoms with Crippen LogP contribution in [0, 0.1) is 12.7 Å². The highest BCUT2D eigenvalue weighted by Gasteiger charge is 2.21. The van der Waals surface area contributed by atoms with Crippen molar-refractivity contribution in [2.24, 2.45) is 0 Å². The predicted molar refractivity (Wildman–Crippen MR) is 68.9 cm³/mol. The number of rotatable bonds is 2. The van der Waals surface area contributed by atoms with Crippen LogP contribution in [-0.4, -0.2) is 23.1 Å². The van der Waals surface area contributed by atoms with Crippen molar-refractivity contribution in [3.8, 4) is 11.3 Å². The van der Waals surface area contributed by atoms with E-state index >= 15 is 0 Å². The average molecular weight is 245 g/mol. The molecule has 1 aliphatic heterocycles. The molecule has 0 saturated carbocycles. The van der Waals surface area contributed by atoms with Crippen molar-refractivity contribution < 1.29 is 4.39 Å². The van der Waals surface area contributed by atoms with Gasteiger partial charge in [0.1, 0.15) is 11.6 Å². The normalized spacial score (nSPS) is 19.3. The Kier molecular flexibility index (Phi) is 2.88. The van der Waals surface area contributed by atoms with Crippen LogP contribution in [0.15, 0.2) is 24.3 Å². The van der Waals surface area contributed by atoms with Gasteiger partial charge in [-0.1, -0.05) is 12.1 Å². The van der Waals surface area contributed by atoms with Gasteiger partial charge in [0.2, 0.25) is 0 Å². The molecule has 1 fully saturated rings. The second kappa shape index (κ2) is 4.53. The fraction of sp³-hybridized carbons (Fsp3) is 0.357. The van der Waals surface area contributed by atoms with Gasteiger partial charge in [-0.15, -0.1) is 0 Å². The molecule has 3 rings (SSSR count). The maximum Gasteiger partial charge on any atom is 0.132 e. The number of imidazole rings is 1. The Morgan fingerprint density at radius 3 is 2.89 bits per heavy atom. The second-order valence-corrected chi connectivity index (χ2v) is 4.77. The van der Waals surface area contributed by atoms with Crippen LogP contribution in [0.25, 0.3) is 11.3 Å². The number of hydrogen-bond acceptors (Lipinski definition) is 2. The summed E-state index contributed by atoms with van der Waals surface area (Å²) in [4.78, 5) is 7.88. The van der Waals surface area contributed by atoms with Crippen LogP contribution < -0.4 is 5.32 Å². The molecule has 1 aliphatic rings. The molecule has 1 aromatic heterocycles. The van der Waals surface area contributed by atoms with E-state index in [-0.39, 0.29) is 5.82 Å². The Labute approximate surface area is 105 Å². The number of benzene rings is 1. The zero-order chi connectivity index (χ0) is 12.5. The topological polar surface area (TPSA) is 40.7 Å². The highest BCUT2D eigenvalue weighted by atomic mass is 19.1. The SMILES string of the molecule is Cc1[nH]c(C2CCNC2)nc1-c1ccccc1F. The molecule has 1 atom stereocenters. The van der Waals surface area contributed by atoms with E-state index in [0.717, 1.165) is 36.7 Å². The Morgan fingerprint density at radius 1 is 1.33 bits per heavy atom. The van der Waals surface area contributed by atoms with E-state index in [4.69, 9.17) is 0 Å². The summed E-state index contributed by atoms with van der Waals surface area (Å²) in [6, 6.07) is 6.78. The lowest BCUT2D eigenvalue weighted by Gasteiger charge is -2.02. The van der Waals surface area contributed by atoms with E-state index in [1.165, 1.54) is 6.07 Å². The maximum atomic E-state index is 13.8. The summed E-state index contributed by atoms with van der Waals surface area (Å²) in [5.74, 6) is 1.17. The molecule has 0 amide bonds. The molecule has 94 valence electrons. The molecule has 18 heavy (non-hydrogen) atoms. The number of H-pyrrole nitrogens is 1. The van der Waals surface area contributed by atoms with Crippen molar-refractivity contribution in [1.29, 1.82) is 0 Å². The Morgan fingerprint density at radius 2 is 2.17 bits per heavy atom. The quantitative estimate of drug-likeness (QED) is 0.853. The zero-order valence-electron chi connectivity index (χ0n) is 10.3. The van der Waals surface area contributed by atoms with E-state index in [1.807, 2.05) is 13.0 Å². The van der Waals surface area contributed by atoms with Crippen LogP contribution in [0.2, 0.25) is 0 Å². The predicted octanol–water partition coefficient (Wildman–Crippen LogP) is 2.60. The Balaban J connectivity index is 2.00. The molecular weight excluding hydrogens is 229 g/mol. The number of nitrogens with zero attached hydrogens (tertiary/aromatic N) is 1. The van der Waals surface area contributed by atoms with E-state index in [9.17, 15) is 4.39 Å². The van der Waals surface area contributed by atoms with Gasteiger partial charge >= 0.3 is 0 Å². The molecule has 2 aromatic rings. The summed E-state index contributed by atoms with van der Waals surface area (Å²) in [6.45, 7) is 3.92. The summed E-state index contributed by atoms with van der Waals surface area (Å²) < 4.78 is 13.8. The molecule has 1 unspecified atom stereocenters. The second-order valence-electron chi connectivity index (χ2n) is 4.77. The van der Waals surface area contributed by atoms with Crippen molar-refractivity contribution in [3.05, 3.63) is 41.6 Å². The molecule has 1 aromatic carbocycles. The van der Waals surface area contributed by atoms with Crippen molar-refractivity contribution in [2.45, 2.75) is 19.3 Å². The minimum Gasteiger partial charge on any atom is -0.345 e. The van der Waals surface area contributed by atoms with E-state index in [1.54, 1.807) is 12.1 Å². The number of aromatic amines is 1. The molecule has 0 radical (unpaired) electrons. The minimum absolute atomic E-state index is 0.219. The summed E-state index contributed by atoms with van der Waals surface area (Å²) in [5.41, 5.74) is 2.24. The van der Waals surface area contributed by atoms with E-state index in [2.05, 4.69) is 15.3 Å². The number of aryl methyl sites for hydroxylation is 1. The molecule has 0 bridgehead atoms. The van der Waals surface area contributed by atoms with Gasteiger partial charge in [-0.05, 0) is 32.0 Å².